The van der Waals surface area contributed by atoms with Gasteiger partial charge in [0.1, 0.15) is 5.60 Å². The molecule has 2 rings (SSSR count). The second kappa shape index (κ2) is 4.82. The van der Waals surface area contributed by atoms with Crippen LogP contribution in [0.2, 0.25) is 0 Å². The molecule has 0 aromatic carbocycles. The van der Waals surface area contributed by atoms with Crippen LogP contribution in [-0.2, 0) is 4.79 Å². The second-order valence-electron chi connectivity index (χ2n) is 6.28. The van der Waals surface area contributed by atoms with Gasteiger partial charge in [-0.2, -0.15) is 0 Å². The fourth-order valence-corrected chi connectivity index (χ4v) is 3.16. The van der Waals surface area contributed by atoms with Crippen LogP contribution in [0.25, 0.3) is 0 Å². The van der Waals surface area contributed by atoms with Gasteiger partial charge < -0.3 is 15.3 Å². The molecule has 0 bridgehead atoms. The zero-order chi connectivity index (χ0) is 13.4. The summed E-state index contributed by atoms with van der Waals surface area (Å²) in [5, 5.41) is 13.7. The van der Waals surface area contributed by atoms with Crippen molar-refractivity contribution in [2.24, 2.45) is 5.92 Å². The molecule has 0 saturated carbocycles. The van der Waals surface area contributed by atoms with E-state index >= 15 is 0 Å². The molecule has 2 aliphatic heterocycles. The summed E-state index contributed by atoms with van der Waals surface area (Å²) in [7, 11) is 0. The van der Waals surface area contributed by atoms with Gasteiger partial charge in [0.25, 0.3) is 0 Å². The molecule has 4 nitrogen and oxygen atoms in total. The highest BCUT2D eigenvalue weighted by molar-refractivity contribution is 5.87. The molecule has 2 aliphatic rings. The molecule has 0 aliphatic carbocycles. The van der Waals surface area contributed by atoms with Gasteiger partial charge in [0.15, 0.2) is 0 Å². The van der Waals surface area contributed by atoms with Crippen molar-refractivity contribution in [3.63, 3.8) is 0 Å². The van der Waals surface area contributed by atoms with Crippen LogP contribution in [0.4, 0.5) is 0 Å². The summed E-state index contributed by atoms with van der Waals surface area (Å²) in [5.41, 5.74) is -1.01. The Morgan fingerprint density at radius 1 is 1.44 bits per heavy atom. The van der Waals surface area contributed by atoms with Gasteiger partial charge in [-0.3, -0.25) is 4.79 Å². The molecule has 1 amide bonds. The monoisotopic (exact) mass is 254 g/mol. The largest absolute Gasteiger partial charge is 0.386 e. The molecular formula is C14H26N2O2. The van der Waals surface area contributed by atoms with E-state index in [2.05, 4.69) is 12.2 Å². The summed E-state index contributed by atoms with van der Waals surface area (Å²) in [5.74, 6) is 0.410. The number of aliphatic hydroxyl groups is 1. The van der Waals surface area contributed by atoms with Crippen LogP contribution in [0.15, 0.2) is 0 Å². The molecule has 1 unspecified atom stereocenters. The van der Waals surface area contributed by atoms with Crippen molar-refractivity contribution in [1.29, 1.82) is 0 Å². The number of nitrogens with one attached hydrogen (secondary N) is 1. The van der Waals surface area contributed by atoms with Crippen molar-refractivity contribution in [3.05, 3.63) is 0 Å². The van der Waals surface area contributed by atoms with Crippen LogP contribution in [0.1, 0.15) is 46.5 Å². The zero-order valence-electron chi connectivity index (χ0n) is 11.8. The standard InChI is InChI=1S/C14H26N2O2/c1-4-6-13(7-5-8-15-13)12(17)16-9-14(18,10-16)11(2)3/h11,15,18H,4-10H2,1-3H3. The minimum Gasteiger partial charge on any atom is -0.386 e. The van der Waals surface area contributed by atoms with Gasteiger partial charge in [0.2, 0.25) is 5.91 Å². The first-order chi connectivity index (χ1) is 8.43. The van der Waals surface area contributed by atoms with Crippen LogP contribution < -0.4 is 5.32 Å². The van der Waals surface area contributed by atoms with E-state index in [-0.39, 0.29) is 17.4 Å². The van der Waals surface area contributed by atoms with E-state index in [4.69, 9.17) is 0 Å². The number of rotatable bonds is 4. The van der Waals surface area contributed by atoms with Gasteiger partial charge in [0, 0.05) is 0 Å². The van der Waals surface area contributed by atoms with Crippen molar-refractivity contribution in [2.75, 3.05) is 19.6 Å². The van der Waals surface area contributed by atoms with Crippen molar-refractivity contribution < 1.29 is 9.90 Å². The van der Waals surface area contributed by atoms with E-state index < -0.39 is 5.60 Å². The third kappa shape index (κ3) is 2.16. The summed E-state index contributed by atoms with van der Waals surface area (Å²) in [6.07, 6.45) is 3.94. The lowest BCUT2D eigenvalue weighted by molar-refractivity contribution is -0.170. The topological polar surface area (TPSA) is 52.6 Å². The van der Waals surface area contributed by atoms with Gasteiger partial charge in [0.05, 0.1) is 18.6 Å². The first kappa shape index (κ1) is 13.8. The van der Waals surface area contributed by atoms with Crippen LogP contribution >= 0.6 is 0 Å². The maximum atomic E-state index is 12.6. The predicted molar refractivity (Wildman–Crippen MR) is 71.2 cm³/mol. The lowest BCUT2D eigenvalue weighted by atomic mass is 9.80. The quantitative estimate of drug-likeness (QED) is 0.791. The SMILES string of the molecule is CCCC1(C(=O)N2CC(O)(C(C)C)C2)CCCN1. The maximum absolute atomic E-state index is 12.6. The highest BCUT2D eigenvalue weighted by Gasteiger charge is 2.51. The maximum Gasteiger partial charge on any atom is 0.243 e. The van der Waals surface area contributed by atoms with Crippen LogP contribution in [0.5, 0.6) is 0 Å². The highest BCUT2D eigenvalue weighted by Crippen LogP contribution is 2.34. The van der Waals surface area contributed by atoms with Crippen molar-refractivity contribution in [1.82, 2.24) is 10.2 Å². The molecule has 104 valence electrons. The molecule has 4 heteroatoms. The molecule has 2 N–H and O–H groups in total. The van der Waals surface area contributed by atoms with Crippen LogP contribution in [-0.4, -0.2) is 46.7 Å². The smallest absolute Gasteiger partial charge is 0.243 e. The molecule has 1 atom stereocenters. The zero-order valence-corrected chi connectivity index (χ0v) is 11.8. The van der Waals surface area contributed by atoms with Gasteiger partial charge in [-0.25, -0.2) is 0 Å². The number of carbonyl (C=O) groups excluding carboxylic acids is 1. The van der Waals surface area contributed by atoms with Crippen LogP contribution in [0, 0.1) is 5.92 Å². The third-order valence-corrected chi connectivity index (χ3v) is 4.62. The molecule has 2 saturated heterocycles. The Hall–Kier alpha value is -0.610. The van der Waals surface area contributed by atoms with E-state index in [1.807, 2.05) is 18.7 Å². The fourth-order valence-electron chi connectivity index (χ4n) is 3.16. The molecule has 0 radical (unpaired) electrons. The summed E-state index contributed by atoms with van der Waals surface area (Å²) >= 11 is 0. The number of amides is 1. The Kier molecular flexibility index (Phi) is 3.70. The van der Waals surface area contributed by atoms with E-state index in [0.29, 0.717) is 13.1 Å². The Morgan fingerprint density at radius 2 is 2.11 bits per heavy atom. The van der Waals surface area contributed by atoms with E-state index in [9.17, 15) is 9.90 Å². The summed E-state index contributed by atoms with van der Waals surface area (Å²) < 4.78 is 0. The molecular weight excluding hydrogens is 228 g/mol. The van der Waals surface area contributed by atoms with Gasteiger partial charge in [-0.15, -0.1) is 0 Å². The van der Waals surface area contributed by atoms with Crippen LogP contribution in [0.3, 0.4) is 0 Å². The summed E-state index contributed by atoms with van der Waals surface area (Å²) in [6, 6.07) is 0. The Balaban J connectivity index is 2.00. The Bertz CT molecular complexity index is 316. The van der Waals surface area contributed by atoms with Gasteiger partial charge in [-0.05, 0) is 31.7 Å². The summed E-state index contributed by atoms with van der Waals surface area (Å²) in [4.78, 5) is 14.4. The third-order valence-electron chi connectivity index (χ3n) is 4.62. The number of β-amino-alcohol motifs (C(OH)–C–C–N with tert-alkyl or cyclic N) is 1. The van der Waals surface area contributed by atoms with E-state index in [1.54, 1.807) is 0 Å². The average molecular weight is 254 g/mol. The normalized spacial score (nSPS) is 30.6. The Morgan fingerprint density at radius 3 is 2.56 bits per heavy atom. The second-order valence-corrected chi connectivity index (χ2v) is 6.28. The highest BCUT2D eigenvalue weighted by atomic mass is 16.3. The first-order valence-corrected chi connectivity index (χ1v) is 7.20. The lowest BCUT2D eigenvalue weighted by Gasteiger charge is -2.51. The van der Waals surface area contributed by atoms with Gasteiger partial charge in [-0.1, -0.05) is 27.2 Å². The fraction of sp³-hybridized carbons (Fsp3) is 0.929. The molecule has 0 spiro atoms. The number of hydrogen-bond acceptors (Lipinski definition) is 3. The van der Waals surface area contributed by atoms with E-state index in [1.165, 1.54) is 0 Å². The first-order valence-electron chi connectivity index (χ1n) is 7.20. The lowest BCUT2D eigenvalue weighted by Crippen LogP contribution is -2.70. The van der Waals surface area contributed by atoms with Crippen molar-refractivity contribution in [2.45, 2.75) is 57.6 Å². The van der Waals surface area contributed by atoms with E-state index in [0.717, 1.165) is 32.2 Å². The molecule has 0 aromatic heterocycles. The Labute approximate surface area is 110 Å². The predicted octanol–water partition coefficient (Wildman–Crippen LogP) is 1.14. The van der Waals surface area contributed by atoms with Crippen molar-refractivity contribution >= 4 is 5.91 Å². The molecule has 2 heterocycles. The minimum absolute atomic E-state index is 0.201. The minimum atomic E-state index is -0.665. The number of hydrogen-bond donors (Lipinski definition) is 2. The summed E-state index contributed by atoms with van der Waals surface area (Å²) in [6.45, 7) is 8.08. The number of nitrogens with zero attached hydrogens (tertiary/aromatic N) is 1. The average Bonchev–Trinajstić information content (AvgIpc) is 2.74. The number of likely N-dealkylation sites (tertiary alicyclic amines) is 1. The number of carbonyl (C=O) groups is 1. The van der Waals surface area contributed by atoms with Gasteiger partial charge >= 0.3 is 0 Å². The molecule has 18 heavy (non-hydrogen) atoms. The van der Waals surface area contributed by atoms with Crippen molar-refractivity contribution in [3.8, 4) is 0 Å². The molecule has 2 fully saturated rings. The molecule has 0 aromatic rings.